The zero-order valence-electron chi connectivity index (χ0n) is 8.37. The standard InChI is InChI=1S/C11H11F3O2/c12-11(13,14)16-9-3-1-7(2-4-9)10-5-8(10)6-15/h1-4,8,10,15H,5-6H2. The van der Waals surface area contributed by atoms with Crippen molar-refractivity contribution in [3.8, 4) is 5.75 Å². The van der Waals surface area contributed by atoms with E-state index in [9.17, 15) is 13.2 Å². The van der Waals surface area contributed by atoms with E-state index in [1.54, 1.807) is 12.1 Å². The van der Waals surface area contributed by atoms with Crippen LogP contribution in [0.25, 0.3) is 0 Å². The van der Waals surface area contributed by atoms with Crippen LogP contribution >= 0.6 is 0 Å². The molecule has 1 saturated carbocycles. The first-order chi connectivity index (χ1) is 7.49. The second kappa shape index (κ2) is 3.97. The third-order valence-electron chi connectivity index (χ3n) is 2.70. The van der Waals surface area contributed by atoms with E-state index in [1.165, 1.54) is 12.1 Å². The van der Waals surface area contributed by atoms with E-state index in [-0.39, 0.29) is 24.2 Å². The number of aliphatic hydroxyl groups is 1. The highest BCUT2D eigenvalue weighted by Gasteiger charge is 2.37. The van der Waals surface area contributed by atoms with E-state index in [4.69, 9.17) is 5.11 Å². The maximum absolute atomic E-state index is 11.9. The van der Waals surface area contributed by atoms with Crippen LogP contribution in [0.5, 0.6) is 5.75 Å². The van der Waals surface area contributed by atoms with Crippen LogP contribution in [0.4, 0.5) is 13.2 Å². The molecule has 88 valence electrons. The van der Waals surface area contributed by atoms with E-state index >= 15 is 0 Å². The number of aliphatic hydroxyl groups excluding tert-OH is 1. The zero-order chi connectivity index (χ0) is 11.8. The maximum atomic E-state index is 11.9. The molecule has 0 bridgehead atoms. The molecule has 2 unspecified atom stereocenters. The summed E-state index contributed by atoms with van der Waals surface area (Å²) in [6.07, 6.45) is -3.75. The number of benzene rings is 1. The molecule has 2 rings (SSSR count). The summed E-state index contributed by atoms with van der Waals surface area (Å²) in [4.78, 5) is 0. The molecule has 0 amide bonds. The van der Waals surface area contributed by atoms with Gasteiger partial charge in [-0.3, -0.25) is 0 Å². The van der Waals surface area contributed by atoms with Gasteiger partial charge >= 0.3 is 6.36 Å². The highest BCUT2D eigenvalue weighted by atomic mass is 19.4. The Bertz CT molecular complexity index is 358. The molecule has 1 aliphatic rings. The molecule has 1 N–H and O–H groups in total. The molecule has 1 aromatic rings. The van der Waals surface area contributed by atoms with E-state index in [0.29, 0.717) is 0 Å². The van der Waals surface area contributed by atoms with Crippen LogP contribution in [-0.4, -0.2) is 18.1 Å². The Hall–Kier alpha value is -1.23. The number of ether oxygens (including phenoxy) is 1. The topological polar surface area (TPSA) is 29.5 Å². The van der Waals surface area contributed by atoms with Crippen molar-refractivity contribution in [2.45, 2.75) is 18.7 Å². The molecule has 5 heteroatoms. The summed E-state index contributed by atoms with van der Waals surface area (Å²) >= 11 is 0. The maximum Gasteiger partial charge on any atom is 0.573 e. The predicted octanol–water partition coefficient (Wildman–Crippen LogP) is 2.68. The number of hydrogen-bond donors (Lipinski definition) is 1. The van der Waals surface area contributed by atoms with Crippen LogP contribution in [0.15, 0.2) is 24.3 Å². The van der Waals surface area contributed by atoms with Gasteiger partial charge in [-0.15, -0.1) is 13.2 Å². The minimum atomic E-state index is -4.64. The van der Waals surface area contributed by atoms with Crippen molar-refractivity contribution in [3.05, 3.63) is 29.8 Å². The molecule has 1 aliphatic carbocycles. The van der Waals surface area contributed by atoms with Crippen LogP contribution in [0.1, 0.15) is 17.9 Å². The van der Waals surface area contributed by atoms with Gasteiger partial charge in [-0.2, -0.15) is 0 Å². The molecular weight excluding hydrogens is 221 g/mol. The lowest BCUT2D eigenvalue weighted by Gasteiger charge is -2.09. The van der Waals surface area contributed by atoms with E-state index in [2.05, 4.69) is 4.74 Å². The highest BCUT2D eigenvalue weighted by molar-refractivity contribution is 5.32. The van der Waals surface area contributed by atoms with Crippen LogP contribution in [0, 0.1) is 5.92 Å². The lowest BCUT2D eigenvalue weighted by atomic mass is 10.1. The Morgan fingerprint density at radius 2 is 1.88 bits per heavy atom. The van der Waals surface area contributed by atoms with Crippen molar-refractivity contribution in [1.82, 2.24) is 0 Å². The average Bonchev–Trinajstić information content (AvgIpc) is 2.95. The normalized spacial score (nSPS) is 24.2. The highest BCUT2D eigenvalue weighted by Crippen LogP contribution is 2.47. The van der Waals surface area contributed by atoms with Gasteiger partial charge in [0.05, 0.1) is 0 Å². The number of alkyl halides is 3. The number of rotatable bonds is 3. The summed E-state index contributed by atoms with van der Waals surface area (Å²) < 4.78 is 39.4. The van der Waals surface area contributed by atoms with Gasteiger partial charge in [0.2, 0.25) is 0 Å². The Labute approximate surface area is 90.7 Å². The van der Waals surface area contributed by atoms with Gasteiger partial charge in [0.1, 0.15) is 5.75 Å². The summed E-state index contributed by atoms with van der Waals surface area (Å²) in [6, 6.07) is 5.83. The van der Waals surface area contributed by atoms with Crippen molar-refractivity contribution >= 4 is 0 Å². The smallest absolute Gasteiger partial charge is 0.406 e. The van der Waals surface area contributed by atoms with E-state index in [0.717, 1.165) is 12.0 Å². The number of halogens is 3. The Balaban J connectivity index is 2.00. The van der Waals surface area contributed by atoms with Crippen molar-refractivity contribution in [3.63, 3.8) is 0 Å². The molecular formula is C11H11F3O2. The molecule has 0 aliphatic heterocycles. The van der Waals surface area contributed by atoms with E-state index in [1.807, 2.05) is 0 Å². The van der Waals surface area contributed by atoms with Crippen LogP contribution in [0.3, 0.4) is 0 Å². The van der Waals surface area contributed by atoms with Gasteiger partial charge < -0.3 is 9.84 Å². The van der Waals surface area contributed by atoms with Gasteiger partial charge in [0, 0.05) is 6.61 Å². The summed E-state index contributed by atoms with van der Waals surface area (Å²) in [5, 5.41) is 8.87. The molecule has 1 fully saturated rings. The van der Waals surface area contributed by atoms with Crippen molar-refractivity contribution in [2.75, 3.05) is 6.61 Å². The lowest BCUT2D eigenvalue weighted by molar-refractivity contribution is -0.274. The molecule has 0 saturated heterocycles. The quantitative estimate of drug-likeness (QED) is 0.868. The molecule has 0 radical (unpaired) electrons. The van der Waals surface area contributed by atoms with Gasteiger partial charge in [-0.25, -0.2) is 0 Å². The fourth-order valence-electron chi connectivity index (χ4n) is 1.77. The minimum Gasteiger partial charge on any atom is -0.406 e. The van der Waals surface area contributed by atoms with Gasteiger partial charge in [0.25, 0.3) is 0 Å². The summed E-state index contributed by atoms with van der Waals surface area (Å²) in [5.74, 6) is 0.330. The molecule has 16 heavy (non-hydrogen) atoms. The monoisotopic (exact) mass is 232 g/mol. The van der Waals surface area contributed by atoms with Crippen molar-refractivity contribution in [2.24, 2.45) is 5.92 Å². The van der Waals surface area contributed by atoms with Crippen molar-refractivity contribution in [1.29, 1.82) is 0 Å². The average molecular weight is 232 g/mol. The molecule has 2 atom stereocenters. The third kappa shape index (κ3) is 2.66. The largest absolute Gasteiger partial charge is 0.573 e. The second-order valence-corrected chi connectivity index (χ2v) is 3.90. The Morgan fingerprint density at radius 1 is 1.25 bits per heavy atom. The van der Waals surface area contributed by atoms with Crippen LogP contribution in [0.2, 0.25) is 0 Å². The first kappa shape index (κ1) is 11.3. The first-order valence-corrected chi connectivity index (χ1v) is 4.96. The van der Waals surface area contributed by atoms with Crippen LogP contribution < -0.4 is 4.74 Å². The Morgan fingerprint density at radius 3 is 2.31 bits per heavy atom. The lowest BCUT2D eigenvalue weighted by Crippen LogP contribution is -2.17. The SMILES string of the molecule is OCC1CC1c1ccc(OC(F)(F)F)cc1. The summed E-state index contributed by atoms with van der Waals surface area (Å²) in [7, 11) is 0. The fraction of sp³-hybridized carbons (Fsp3) is 0.455. The Kier molecular flexibility index (Phi) is 2.80. The first-order valence-electron chi connectivity index (χ1n) is 4.96. The van der Waals surface area contributed by atoms with Gasteiger partial charge in [-0.05, 0) is 36.0 Å². The predicted molar refractivity (Wildman–Crippen MR) is 51.1 cm³/mol. The van der Waals surface area contributed by atoms with Gasteiger partial charge in [0.15, 0.2) is 0 Å². The third-order valence-corrected chi connectivity index (χ3v) is 2.70. The molecule has 0 aromatic heterocycles. The van der Waals surface area contributed by atoms with E-state index < -0.39 is 6.36 Å². The summed E-state index contributed by atoms with van der Waals surface area (Å²) in [5.41, 5.74) is 0.952. The molecule has 0 spiro atoms. The zero-order valence-corrected chi connectivity index (χ0v) is 8.37. The summed E-state index contributed by atoms with van der Waals surface area (Å²) in [6.45, 7) is 0.130. The van der Waals surface area contributed by atoms with Crippen LogP contribution in [-0.2, 0) is 0 Å². The molecule has 0 heterocycles. The molecule has 1 aromatic carbocycles. The number of hydrogen-bond acceptors (Lipinski definition) is 2. The second-order valence-electron chi connectivity index (χ2n) is 3.90. The minimum absolute atomic E-state index is 0.130. The van der Waals surface area contributed by atoms with Crippen molar-refractivity contribution < 1.29 is 23.0 Å². The molecule has 2 nitrogen and oxygen atoms in total. The fourth-order valence-corrected chi connectivity index (χ4v) is 1.77. The van der Waals surface area contributed by atoms with Gasteiger partial charge in [-0.1, -0.05) is 12.1 Å².